The van der Waals surface area contributed by atoms with Gasteiger partial charge in [0.1, 0.15) is 5.82 Å². The summed E-state index contributed by atoms with van der Waals surface area (Å²) in [5.74, 6) is -1.16. The highest BCUT2D eigenvalue weighted by atomic mass is 35.5. The third-order valence-electron chi connectivity index (χ3n) is 4.76. The summed E-state index contributed by atoms with van der Waals surface area (Å²) in [5, 5.41) is 2.41. The lowest BCUT2D eigenvalue weighted by molar-refractivity contribution is 0.0600. The number of benzene rings is 1. The number of sulfonamides is 1. The van der Waals surface area contributed by atoms with Gasteiger partial charge >= 0.3 is 5.97 Å². The van der Waals surface area contributed by atoms with Crippen LogP contribution in [0.3, 0.4) is 0 Å². The number of carbonyl (C=O) groups excluding carboxylic acids is 1. The van der Waals surface area contributed by atoms with Crippen LogP contribution in [0.1, 0.15) is 28.9 Å². The zero-order valence-electron chi connectivity index (χ0n) is 15.8. The minimum atomic E-state index is -3.76. The summed E-state index contributed by atoms with van der Waals surface area (Å²) >= 11 is 5.89. The first kappa shape index (κ1) is 21.5. The predicted octanol–water partition coefficient (Wildman–Crippen LogP) is 2.75. The molecule has 1 aliphatic rings. The van der Waals surface area contributed by atoms with Gasteiger partial charge in [0.2, 0.25) is 10.0 Å². The Kier molecular flexibility index (Phi) is 6.71. The molecule has 0 atom stereocenters. The number of halogens is 2. The largest absolute Gasteiger partial charge is 0.465 e. The van der Waals surface area contributed by atoms with Crippen molar-refractivity contribution in [1.29, 1.82) is 0 Å². The predicted molar refractivity (Wildman–Crippen MR) is 108 cm³/mol. The number of piperidine rings is 1. The smallest absolute Gasteiger partial charge is 0.339 e. The molecule has 1 saturated heterocycles. The van der Waals surface area contributed by atoms with E-state index in [0.717, 1.165) is 6.07 Å². The zero-order valence-corrected chi connectivity index (χ0v) is 17.3. The molecule has 7 nitrogen and oxygen atoms in total. The van der Waals surface area contributed by atoms with Crippen molar-refractivity contribution in [3.8, 4) is 0 Å². The Balaban J connectivity index is 1.96. The maximum Gasteiger partial charge on any atom is 0.339 e. The fourth-order valence-electron chi connectivity index (χ4n) is 3.15. The second kappa shape index (κ2) is 9.06. The number of hydrogen-bond donors (Lipinski definition) is 1. The Bertz CT molecular complexity index is 979. The molecule has 0 radical (unpaired) electrons. The minimum absolute atomic E-state index is 0.0737. The summed E-state index contributed by atoms with van der Waals surface area (Å²) in [4.78, 5) is 15.8. The molecule has 10 heteroatoms. The number of anilines is 1. The molecular weight excluding hydrogens is 421 g/mol. The quantitative estimate of drug-likeness (QED) is 0.693. The van der Waals surface area contributed by atoms with Gasteiger partial charge in [-0.25, -0.2) is 17.6 Å². The fourth-order valence-corrected chi connectivity index (χ4v) is 5.23. The molecule has 1 aliphatic heterocycles. The number of methoxy groups -OCH3 is 1. The molecule has 2 heterocycles. The first-order valence-electron chi connectivity index (χ1n) is 9.03. The van der Waals surface area contributed by atoms with Crippen LogP contribution in [0.2, 0.25) is 5.02 Å². The van der Waals surface area contributed by atoms with Crippen LogP contribution < -0.4 is 9.62 Å². The van der Waals surface area contributed by atoms with E-state index in [2.05, 4.69) is 15.0 Å². The van der Waals surface area contributed by atoms with Crippen LogP contribution in [0.25, 0.3) is 0 Å². The Morgan fingerprint density at radius 3 is 2.62 bits per heavy atom. The summed E-state index contributed by atoms with van der Waals surface area (Å²) < 4.78 is 46.2. The first-order valence-corrected chi connectivity index (χ1v) is 10.9. The SMILES string of the molecule is COC(=O)c1ccc(CN(c2ccc(F)c(Cl)c2)S(=O)(=O)C2CCNCC2)nc1. The van der Waals surface area contributed by atoms with Gasteiger partial charge in [0.25, 0.3) is 0 Å². The van der Waals surface area contributed by atoms with Gasteiger partial charge < -0.3 is 10.1 Å². The van der Waals surface area contributed by atoms with Crippen molar-refractivity contribution in [2.75, 3.05) is 24.5 Å². The summed E-state index contributed by atoms with van der Waals surface area (Å²) in [7, 11) is -2.49. The van der Waals surface area contributed by atoms with Crippen LogP contribution in [0.5, 0.6) is 0 Å². The highest BCUT2D eigenvalue weighted by Crippen LogP contribution is 2.29. The van der Waals surface area contributed by atoms with Gasteiger partial charge in [0.05, 0.1) is 40.9 Å². The van der Waals surface area contributed by atoms with E-state index in [-0.39, 0.29) is 22.8 Å². The third-order valence-corrected chi connectivity index (χ3v) is 7.32. The summed E-state index contributed by atoms with van der Waals surface area (Å²) in [6.07, 6.45) is 2.28. The molecule has 0 saturated carbocycles. The summed E-state index contributed by atoms with van der Waals surface area (Å²) in [5.41, 5.74) is 0.943. The van der Waals surface area contributed by atoms with E-state index in [4.69, 9.17) is 11.6 Å². The molecular formula is C19H21ClFN3O4S. The van der Waals surface area contributed by atoms with Crippen LogP contribution >= 0.6 is 11.6 Å². The molecule has 0 unspecified atom stereocenters. The van der Waals surface area contributed by atoms with E-state index in [1.165, 1.54) is 35.8 Å². The zero-order chi connectivity index (χ0) is 21.0. The lowest BCUT2D eigenvalue weighted by Crippen LogP contribution is -2.44. The fraction of sp³-hybridized carbons (Fsp3) is 0.368. The first-order chi connectivity index (χ1) is 13.8. The van der Waals surface area contributed by atoms with Crippen molar-refractivity contribution >= 4 is 33.3 Å². The monoisotopic (exact) mass is 441 g/mol. The Hall–Kier alpha value is -2.23. The number of nitrogens with zero attached hydrogens (tertiary/aromatic N) is 2. The molecule has 2 aromatic rings. The van der Waals surface area contributed by atoms with Crippen molar-refractivity contribution in [2.45, 2.75) is 24.6 Å². The second-order valence-corrected chi connectivity index (χ2v) is 9.17. The average Bonchev–Trinajstić information content (AvgIpc) is 2.74. The third kappa shape index (κ3) is 4.85. The van der Waals surface area contributed by atoms with Gasteiger partial charge in [-0.05, 0) is 56.3 Å². The molecule has 0 aliphatic carbocycles. The van der Waals surface area contributed by atoms with Gasteiger partial charge in [-0.1, -0.05) is 11.6 Å². The molecule has 1 aromatic carbocycles. The van der Waals surface area contributed by atoms with Crippen molar-refractivity contribution in [3.05, 3.63) is 58.6 Å². The van der Waals surface area contributed by atoms with Crippen molar-refractivity contribution in [2.24, 2.45) is 0 Å². The molecule has 3 rings (SSSR count). The topological polar surface area (TPSA) is 88.6 Å². The normalized spacial score (nSPS) is 15.1. The number of esters is 1. The number of nitrogens with one attached hydrogen (secondary N) is 1. The Labute approximate surface area is 173 Å². The van der Waals surface area contributed by atoms with E-state index in [0.29, 0.717) is 31.6 Å². The van der Waals surface area contributed by atoms with Crippen LogP contribution in [-0.2, 0) is 21.3 Å². The van der Waals surface area contributed by atoms with E-state index in [1.807, 2.05) is 0 Å². The van der Waals surface area contributed by atoms with Crippen molar-refractivity contribution in [3.63, 3.8) is 0 Å². The lowest BCUT2D eigenvalue weighted by Gasteiger charge is -2.31. The Morgan fingerprint density at radius 1 is 1.31 bits per heavy atom. The van der Waals surface area contributed by atoms with E-state index >= 15 is 0 Å². The Morgan fingerprint density at radius 2 is 2.03 bits per heavy atom. The maximum atomic E-state index is 13.6. The number of rotatable bonds is 6. The molecule has 1 N–H and O–H groups in total. The van der Waals surface area contributed by atoms with E-state index < -0.39 is 27.1 Å². The lowest BCUT2D eigenvalue weighted by atomic mass is 10.2. The van der Waals surface area contributed by atoms with Gasteiger partial charge in [-0.3, -0.25) is 9.29 Å². The highest BCUT2D eigenvalue weighted by molar-refractivity contribution is 7.93. The molecule has 0 amide bonds. The summed E-state index contributed by atoms with van der Waals surface area (Å²) in [6, 6.07) is 6.88. The van der Waals surface area contributed by atoms with E-state index in [1.54, 1.807) is 6.07 Å². The van der Waals surface area contributed by atoms with Gasteiger partial charge in [-0.2, -0.15) is 0 Å². The van der Waals surface area contributed by atoms with Crippen LogP contribution in [0, 0.1) is 5.82 Å². The molecule has 0 spiro atoms. The van der Waals surface area contributed by atoms with E-state index in [9.17, 15) is 17.6 Å². The molecule has 156 valence electrons. The second-order valence-electron chi connectivity index (χ2n) is 6.63. The van der Waals surface area contributed by atoms with Crippen LogP contribution in [0.15, 0.2) is 36.5 Å². The van der Waals surface area contributed by atoms with Crippen molar-refractivity contribution < 1.29 is 22.3 Å². The molecule has 1 fully saturated rings. The van der Waals surface area contributed by atoms with Crippen molar-refractivity contribution in [1.82, 2.24) is 10.3 Å². The van der Waals surface area contributed by atoms with Crippen LogP contribution in [0.4, 0.5) is 10.1 Å². The van der Waals surface area contributed by atoms with Gasteiger partial charge in [0, 0.05) is 6.20 Å². The molecule has 29 heavy (non-hydrogen) atoms. The number of hydrogen-bond acceptors (Lipinski definition) is 6. The highest BCUT2D eigenvalue weighted by Gasteiger charge is 2.34. The maximum absolute atomic E-state index is 13.6. The number of pyridine rings is 1. The number of carbonyl (C=O) groups is 1. The minimum Gasteiger partial charge on any atom is -0.465 e. The average molecular weight is 442 g/mol. The number of aromatic nitrogens is 1. The van der Waals surface area contributed by atoms with Gasteiger partial charge in [-0.15, -0.1) is 0 Å². The van der Waals surface area contributed by atoms with Crippen LogP contribution in [-0.4, -0.2) is 44.8 Å². The number of ether oxygens (including phenoxy) is 1. The molecule has 1 aromatic heterocycles. The summed E-state index contributed by atoms with van der Waals surface area (Å²) in [6.45, 7) is 1.14. The molecule has 0 bridgehead atoms. The van der Waals surface area contributed by atoms with Gasteiger partial charge in [0.15, 0.2) is 0 Å². The standard InChI is InChI=1S/C19H21ClFN3O4S/c1-28-19(25)13-2-3-14(23-11-13)12-24(15-4-5-18(21)17(20)10-15)29(26,27)16-6-8-22-9-7-16/h2-5,10-11,16,22H,6-9,12H2,1H3.